The van der Waals surface area contributed by atoms with Crippen molar-refractivity contribution >= 4 is 79.7 Å². The molecule has 15 heteroatoms. The molecule has 2 aromatic heterocycles. The van der Waals surface area contributed by atoms with Gasteiger partial charge in [0.05, 0.1) is 0 Å². The van der Waals surface area contributed by atoms with Gasteiger partial charge in [-0.25, -0.2) is 9.97 Å². The van der Waals surface area contributed by atoms with Crippen molar-refractivity contribution in [1.29, 1.82) is 10.5 Å². The molecule has 4 aromatic rings. The van der Waals surface area contributed by atoms with Crippen LogP contribution in [-0.4, -0.2) is 56.8 Å². The van der Waals surface area contributed by atoms with E-state index < -0.39 is 23.8 Å². The Kier molecular flexibility index (Phi) is 13.0. The molecule has 244 valence electrons. The Morgan fingerprint density at radius 3 is 1.29 bits per heavy atom. The van der Waals surface area contributed by atoms with Crippen molar-refractivity contribution in [1.82, 2.24) is 9.97 Å². The summed E-state index contributed by atoms with van der Waals surface area (Å²) in [6.07, 6.45) is 2.53. The maximum atomic E-state index is 12.3. The molecule has 6 rings (SSSR count). The number of carbonyl (C=O) groups is 4. The van der Waals surface area contributed by atoms with Gasteiger partial charge in [-0.05, 0) is 50.4 Å². The van der Waals surface area contributed by atoms with E-state index in [0.717, 1.165) is 33.8 Å². The van der Waals surface area contributed by atoms with E-state index >= 15 is 0 Å². The third kappa shape index (κ3) is 9.27. The Hall–Kier alpha value is -4.67. The van der Waals surface area contributed by atoms with E-state index in [9.17, 15) is 39.9 Å². The first-order valence-electron chi connectivity index (χ1n) is 15.1. The van der Waals surface area contributed by atoms with Crippen LogP contribution in [0.5, 0.6) is 0 Å². The van der Waals surface area contributed by atoms with E-state index in [4.69, 9.17) is 0 Å². The van der Waals surface area contributed by atoms with Crippen LogP contribution < -0.4 is 20.8 Å². The molecule has 0 unspecified atom stereocenters. The van der Waals surface area contributed by atoms with E-state index in [1.807, 2.05) is 60.7 Å². The van der Waals surface area contributed by atoms with Crippen molar-refractivity contribution in [2.24, 2.45) is 23.7 Å². The van der Waals surface area contributed by atoms with E-state index in [-0.39, 0.29) is 59.5 Å². The molecule has 2 N–H and O–H groups in total. The standard InChI is InChI=1S/2C17H15N3O3S.Mg/c2*18-9-13-14(10-4-2-1-3-5-10)19-17(24-13)20-15(21)11-6-7-12(8-11)16(22)23;/h2*1-5,11-12H,6-8H2,(H,22,23)(H,19,20,21);/q;;+2/p-2/t2*11-,12+;/m00./s1. The number of nitriles is 2. The van der Waals surface area contributed by atoms with Crippen molar-refractivity contribution in [3.8, 4) is 34.7 Å². The zero-order valence-corrected chi connectivity index (χ0v) is 29.1. The van der Waals surface area contributed by atoms with Crippen LogP contribution in [0.15, 0.2) is 60.7 Å². The maximum Gasteiger partial charge on any atom is 2.00 e. The maximum absolute atomic E-state index is 12.3. The normalized spacial score (nSPS) is 19.2. The Labute approximate surface area is 306 Å². The number of hydrogen-bond acceptors (Lipinski definition) is 12. The second-order valence-electron chi connectivity index (χ2n) is 11.4. The van der Waals surface area contributed by atoms with Crippen molar-refractivity contribution in [3.63, 3.8) is 0 Å². The average molecular weight is 705 g/mol. The van der Waals surface area contributed by atoms with Gasteiger partial charge in [-0.15, -0.1) is 0 Å². The SMILES string of the molecule is N#Cc1sc(NC(=O)[C@H]2CC[C@@H](C(=O)[O-])C2)nc1-c1ccccc1.N#Cc1sc(NC(=O)[C@H]2CC[C@@H](C(=O)[O-])C2)nc1-c1ccccc1.[Mg+2]. The van der Waals surface area contributed by atoms with Gasteiger partial charge < -0.3 is 30.4 Å². The average Bonchev–Trinajstić information content (AvgIpc) is 3.92. The predicted molar refractivity (Wildman–Crippen MR) is 179 cm³/mol. The Bertz CT molecular complexity index is 1770. The van der Waals surface area contributed by atoms with Crippen LogP contribution in [0.3, 0.4) is 0 Å². The van der Waals surface area contributed by atoms with Gasteiger partial charge in [-0.1, -0.05) is 83.3 Å². The molecule has 49 heavy (non-hydrogen) atoms. The molecule has 12 nitrogen and oxygen atoms in total. The first-order chi connectivity index (χ1) is 23.2. The minimum absolute atomic E-state index is 0. The second kappa shape index (κ2) is 17.1. The summed E-state index contributed by atoms with van der Waals surface area (Å²) in [6, 6.07) is 22.8. The number of rotatable bonds is 8. The molecular formula is C34H28MgN6O6S2. The number of carbonyl (C=O) groups excluding carboxylic acids is 4. The van der Waals surface area contributed by atoms with E-state index in [2.05, 4.69) is 32.7 Å². The summed E-state index contributed by atoms with van der Waals surface area (Å²) >= 11 is 2.23. The van der Waals surface area contributed by atoms with E-state index in [1.165, 1.54) is 0 Å². The van der Waals surface area contributed by atoms with Crippen LogP contribution in [0.2, 0.25) is 0 Å². The van der Waals surface area contributed by atoms with Gasteiger partial charge in [0.15, 0.2) is 10.3 Å². The Balaban J connectivity index is 0.000000216. The van der Waals surface area contributed by atoms with Gasteiger partial charge in [0, 0.05) is 34.9 Å². The summed E-state index contributed by atoms with van der Waals surface area (Å²) in [5.41, 5.74) is 2.70. The van der Waals surface area contributed by atoms with Crippen LogP contribution in [0.25, 0.3) is 22.5 Å². The first kappa shape index (κ1) is 37.2. The third-order valence-electron chi connectivity index (χ3n) is 8.29. The van der Waals surface area contributed by atoms with Crippen LogP contribution in [0.4, 0.5) is 10.3 Å². The minimum Gasteiger partial charge on any atom is -0.550 e. The van der Waals surface area contributed by atoms with E-state index in [1.54, 1.807) is 0 Å². The number of nitrogens with zero attached hydrogens (tertiary/aromatic N) is 4. The summed E-state index contributed by atoms with van der Waals surface area (Å²) in [7, 11) is 0. The zero-order chi connectivity index (χ0) is 34.2. The molecule has 0 bridgehead atoms. The quantitative estimate of drug-likeness (QED) is 0.256. The number of hydrogen-bond donors (Lipinski definition) is 2. The largest absolute Gasteiger partial charge is 2.00 e. The fourth-order valence-corrected chi connectivity index (χ4v) is 7.34. The Morgan fingerprint density at radius 2 is 0.980 bits per heavy atom. The van der Waals surface area contributed by atoms with Crippen molar-refractivity contribution in [2.45, 2.75) is 38.5 Å². The van der Waals surface area contributed by atoms with Crippen molar-refractivity contribution < 1.29 is 29.4 Å². The van der Waals surface area contributed by atoms with Crippen LogP contribution in [0, 0.1) is 46.3 Å². The summed E-state index contributed by atoms with van der Waals surface area (Å²) in [5.74, 6) is -4.55. The van der Waals surface area contributed by atoms with Gasteiger partial charge >= 0.3 is 23.1 Å². The first-order valence-corrected chi connectivity index (χ1v) is 16.8. The molecule has 2 aliphatic rings. The minimum atomic E-state index is -1.10. The molecule has 0 saturated heterocycles. The molecule has 4 atom stereocenters. The number of amides is 2. The molecule has 2 amide bonds. The van der Waals surface area contributed by atoms with Gasteiger partial charge in [-0.3, -0.25) is 9.59 Å². The number of nitrogens with one attached hydrogen (secondary N) is 2. The number of anilines is 2. The third-order valence-corrected chi connectivity index (χ3v) is 10.0. The monoisotopic (exact) mass is 704 g/mol. The molecular weight excluding hydrogens is 677 g/mol. The molecule has 0 radical (unpaired) electrons. The van der Waals surface area contributed by atoms with Crippen molar-refractivity contribution in [3.05, 3.63) is 70.4 Å². The van der Waals surface area contributed by atoms with Gasteiger partial charge in [0.1, 0.15) is 33.3 Å². The van der Waals surface area contributed by atoms with Gasteiger partial charge in [0.2, 0.25) is 11.8 Å². The Morgan fingerprint density at radius 1 is 0.633 bits per heavy atom. The van der Waals surface area contributed by atoms with Gasteiger partial charge in [0.25, 0.3) is 0 Å². The smallest absolute Gasteiger partial charge is 0.550 e. The predicted octanol–water partition coefficient (Wildman–Crippen LogP) is 3.19. The molecule has 2 saturated carbocycles. The topological polar surface area (TPSA) is 212 Å². The van der Waals surface area contributed by atoms with Gasteiger partial charge in [-0.2, -0.15) is 10.5 Å². The van der Waals surface area contributed by atoms with Crippen LogP contribution in [-0.2, 0) is 19.2 Å². The number of carboxylic acid groups (broad SMARTS) is 2. The summed E-state index contributed by atoms with van der Waals surface area (Å²) in [5, 5.41) is 46.4. The number of thiazole rings is 2. The van der Waals surface area contributed by atoms with Crippen LogP contribution >= 0.6 is 22.7 Å². The number of aromatic nitrogens is 2. The summed E-state index contributed by atoms with van der Waals surface area (Å²) in [4.78, 5) is 55.9. The van der Waals surface area contributed by atoms with E-state index in [0.29, 0.717) is 57.1 Å². The zero-order valence-electron chi connectivity index (χ0n) is 26.1. The number of aliphatic carboxylic acids is 2. The summed E-state index contributed by atoms with van der Waals surface area (Å²) in [6.45, 7) is 0. The van der Waals surface area contributed by atoms with Crippen LogP contribution in [0.1, 0.15) is 48.3 Å². The molecule has 0 aliphatic heterocycles. The molecule has 2 aliphatic carbocycles. The van der Waals surface area contributed by atoms with Crippen molar-refractivity contribution in [2.75, 3.05) is 10.6 Å². The molecule has 0 spiro atoms. The fraction of sp³-hybridized carbons (Fsp3) is 0.294. The molecule has 2 heterocycles. The second-order valence-corrected chi connectivity index (χ2v) is 13.4. The summed E-state index contributed by atoms with van der Waals surface area (Å²) < 4.78 is 0. The number of carboxylic acids is 2. The molecule has 2 fully saturated rings. The fourth-order valence-electron chi connectivity index (χ4n) is 5.76. The molecule has 2 aromatic carbocycles. The number of benzene rings is 2.